The Morgan fingerprint density at radius 1 is 0.543 bits per heavy atom. The van der Waals surface area contributed by atoms with E-state index in [1.165, 1.54) is 0 Å². The Morgan fingerprint density at radius 2 is 0.943 bits per heavy atom. The second kappa shape index (κ2) is 46.3. The van der Waals surface area contributed by atoms with Crippen LogP contribution in [0.4, 0.5) is 0 Å². The SMILES string of the molecule is CC/C=C\C/C=C\C/C=C\C/C=C\C/C=C\C/C=C\CCCCCCCOCC(COC1OC(CO)C(O)C(OS(=O)(=O)O)C1O)OC(=O)CCCCC/C=C\C/C=C\C/C=C\C/C=C\C/C=C\CC. The molecule has 1 heterocycles. The van der Waals surface area contributed by atoms with Crippen LogP contribution in [-0.4, -0.2) is 97.5 Å². The van der Waals surface area contributed by atoms with E-state index in [-0.39, 0.29) is 19.6 Å². The highest BCUT2D eigenvalue weighted by molar-refractivity contribution is 7.80. The number of carbonyl (C=O) groups is 1. The van der Waals surface area contributed by atoms with E-state index in [0.717, 1.165) is 128 Å². The molecule has 0 aliphatic carbocycles. The summed E-state index contributed by atoms with van der Waals surface area (Å²) in [5.41, 5.74) is 0. The first-order valence-electron chi connectivity index (χ1n) is 25.9. The molecular weight excluding hydrogens is 909 g/mol. The molecule has 0 spiro atoms. The van der Waals surface area contributed by atoms with Crippen LogP contribution in [-0.2, 0) is 38.3 Å². The molecule has 6 atom stereocenters. The van der Waals surface area contributed by atoms with Crippen molar-refractivity contribution in [3.05, 3.63) is 134 Å². The van der Waals surface area contributed by atoms with Gasteiger partial charge in [-0.2, -0.15) is 8.42 Å². The Bertz CT molecular complexity index is 1720. The van der Waals surface area contributed by atoms with Gasteiger partial charge >= 0.3 is 16.4 Å². The molecule has 1 aliphatic rings. The zero-order chi connectivity index (χ0) is 51.0. The summed E-state index contributed by atoms with van der Waals surface area (Å²) in [6.45, 7) is 3.64. The molecule has 0 aromatic heterocycles. The van der Waals surface area contributed by atoms with Crippen molar-refractivity contribution in [3.8, 4) is 0 Å². The fourth-order valence-corrected chi connectivity index (χ4v) is 7.44. The van der Waals surface area contributed by atoms with Gasteiger partial charge < -0.3 is 34.3 Å². The molecule has 1 rings (SSSR count). The average molecular weight is 999 g/mol. The number of hydrogen-bond acceptors (Lipinski definition) is 11. The van der Waals surface area contributed by atoms with E-state index in [1.54, 1.807) is 0 Å². The van der Waals surface area contributed by atoms with Gasteiger partial charge in [-0.05, 0) is 109 Å². The summed E-state index contributed by atoms with van der Waals surface area (Å²) in [5, 5.41) is 30.8. The second-order valence-corrected chi connectivity index (χ2v) is 18.0. The summed E-state index contributed by atoms with van der Waals surface area (Å²) in [6.07, 6.45) is 59.1. The standard InChI is InChI=1S/C57H90O12S/c1-3-5-7-9-11-13-15-17-19-21-23-24-25-26-27-29-31-33-35-37-39-41-43-45-47-65-49-51(50-66-57-55(61)56(69-70(62,63)64)54(60)52(48-58)68-57)67-53(59)46-44-42-40-38-36-34-32-30-28-22-20-18-16-14-12-10-8-6-4-2/h5-8,11-14,17-20,23-24,26-28,30-31,33-34,36,51-52,54-58,60-61H,3-4,9-10,15-16,21-22,25,29,32,35,37-50H2,1-2H3,(H,62,63,64)/b7-5-,8-6-,13-11-,14-12-,19-17-,20-18-,24-23-,27-26-,30-28-,33-31-,36-34-. The third-order valence-electron chi connectivity index (χ3n) is 10.8. The molecule has 0 aromatic rings. The number of ether oxygens (including phenoxy) is 4. The van der Waals surface area contributed by atoms with E-state index in [4.69, 9.17) is 18.9 Å². The Kier molecular flexibility index (Phi) is 42.5. The summed E-state index contributed by atoms with van der Waals surface area (Å²) in [7, 11) is -5.08. The van der Waals surface area contributed by atoms with Gasteiger partial charge in [0.05, 0.1) is 19.8 Å². The number of hydrogen-bond donors (Lipinski definition) is 4. The summed E-state index contributed by atoms with van der Waals surface area (Å²) >= 11 is 0. The van der Waals surface area contributed by atoms with Crippen molar-refractivity contribution in [2.24, 2.45) is 0 Å². The van der Waals surface area contributed by atoms with Gasteiger partial charge in [0.2, 0.25) is 0 Å². The molecule has 0 radical (unpaired) electrons. The number of allylic oxidation sites excluding steroid dienone is 22. The number of carbonyl (C=O) groups excluding carboxylic acids is 1. The van der Waals surface area contributed by atoms with E-state index in [1.807, 2.05) is 0 Å². The van der Waals surface area contributed by atoms with Gasteiger partial charge in [0.15, 0.2) is 6.29 Å². The highest BCUT2D eigenvalue weighted by Crippen LogP contribution is 2.26. The quantitative estimate of drug-likeness (QED) is 0.0197. The van der Waals surface area contributed by atoms with E-state index in [2.05, 4.69) is 152 Å². The molecule has 396 valence electrons. The number of rotatable bonds is 43. The van der Waals surface area contributed by atoms with Crippen molar-refractivity contribution >= 4 is 16.4 Å². The minimum atomic E-state index is -5.08. The highest BCUT2D eigenvalue weighted by Gasteiger charge is 2.48. The maximum atomic E-state index is 12.9. The van der Waals surface area contributed by atoms with Crippen LogP contribution < -0.4 is 0 Å². The van der Waals surface area contributed by atoms with Crippen LogP contribution in [0.1, 0.15) is 155 Å². The van der Waals surface area contributed by atoms with Crippen molar-refractivity contribution < 1.29 is 56.2 Å². The van der Waals surface area contributed by atoms with Crippen molar-refractivity contribution in [2.45, 2.75) is 192 Å². The molecule has 12 nitrogen and oxygen atoms in total. The topological polar surface area (TPSA) is 178 Å². The van der Waals surface area contributed by atoms with E-state index < -0.39 is 59.8 Å². The predicted molar refractivity (Wildman–Crippen MR) is 284 cm³/mol. The zero-order valence-electron chi connectivity index (χ0n) is 42.5. The molecule has 1 aliphatic heterocycles. The Hall–Kier alpha value is -3.76. The molecule has 0 saturated carbocycles. The summed E-state index contributed by atoms with van der Waals surface area (Å²) in [4.78, 5) is 12.9. The maximum Gasteiger partial charge on any atom is 0.397 e. The lowest BCUT2D eigenvalue weighted by atomic mass is 9.99. The third-order valence-corrected chi connectivity index (χ3v) is 11.2. The normalized spacial score (nSPS) is 20.2. The van der Waals surface area contributed by atoms with Gasteiger partial charge in [-0.15, -0.1) is 0 Å². The molecule has 70 heavy (non-hydrogen) atoms. The molecule has 13 heteroatoms. The van der Waals surface area contributed by atoms with Crippen molar-refractivity contribution in [3.63, 3.8) is 0 Å². The lowest BCUT2D eigenvalue weighted by molar-refractivity contribution is -0.301. The molecular formula is C57H90O12S. The smallest absolute Gasteiger partial charge is 0.397 e. The fourth-order valence-electron chi connectivity index (χ4n) is 6.94. The highest BCUT2D eigenvalue weighted by atomic mass is 32.3. The van der Waals surface area contributed by atoms with Gasteiger partial charge in [-0.1, -0.05) is 173 Å². The molecule has 1 saturated heterocycles. The lowest BCUT2D eigenvalue weighted by Gasteiger charge is -2.41. The van der Waals surface area contributed by atoms with Crippen LogP contribution in [0.5, 0.6) is 0 Å². The van der Waals surface area contributed by atoms with Crippen molar-refractivity contribution in [1.82, 2.24) is 0 Å². The van der Waals surface area contributed by atoms with Crippen LogP contribution in [0.2, 0.25) is 0 Å². The largest absolute Gasteiger partial charge is 0.457 e. The Labute approximate surface area is 423 Å². The Morgan fingerprint density at radius 3 is 1.37 bits per heavy atom. The van der Waals surface area contributed by atoms with Gasteiger partial charge in [0, 0.05) is 13.0 Å². The molecule has 4 N–H and O–H groups in total. The number of aliphatic hydroxyl groups is 3. The summed E-state index contributed by atoms with van der Waals surface area (Å²) < 4.78 is 59.2. The zero-order valence-corrected chi connectivity index (χ0v) is 43.3. The first-order chi connectivity index (χ1) is 34.1. The van der Waals surface area contributed by atoms with Crippen LogP contribution in [0, 0.1) is 0 Å². The predicted octanol–water partition coefficient (Wildman–Crippen LogP) is 12.3. The van der Waals surface area contributed by atoms with Crippen LogP contribution in [0.25, 0.3) is 0 Å². The minimum absolute atomic E-state index is 0.00167. The third kappa shape index (κ3) is 38.9. The summed E-state index contributed by atoms with van der Waals surface area (Å²) in [6, 6.07) is 0. The first-order valence-corrected chi connectivity index (χ1v) is 27.3. The van der Waals surface area contributed by atoms with Gasteiger partial charge in [0.25, 0.3) is 0 Å². The van der Waals surface area contributed by atoms with Crippen LogP contribution in [0.15, 0.2) is 134 Å². The molecule has 1 fully saturated rings. The number of aliphatic hydroxyl groups excluding tert-OH is 3. The van der Waals surface area contributed by atoms with Crippen LogP contribution >= 0.6 is 0 Å². The van der Waals surface area contributed by atoms with Crippen molar-refractivity contribution in [1.29, 1.82) is 0 Å². The molecule has 0 aromatic carbocycles. The van der Waals surface area contributed by atoms with Crippen LogP contribution in [0.3, 0.4) is 0 Å². The van der Waals surface area contributed by atoms with E-state index in [9.17, 15) is 33.1 Å². The second-order valence-electron chi connectivity index (χ2n) is 17.0. The van der Waals surface area contributed by atoms with E-state index >= 15 is 0 Å². The molecule has 0 amide bonds. The average Bonchev–Trinajstić information content (AvgIpc) is 3.34. The lowest BCUT2D eigenvalue weighted by Crippen LogP contribution is -2.60. The van der Waals surface area contributed by atoms with Crippen molar-refractivity contribution in [2.75, 3.05) is 26.4 Å². The first kappa shape index (κ1) is 64.3. The monoisotopic (exact) mass is 999 g/mol. The Balaban J connectivity index is 2.42. The molecule has 6 unspecified atom stereocenters. The molecule has 0 bridgehead atoms. The fraction of sp³-hybridized carbons (Fsp3) is 0.596. The number of unbranched alkanes of at least 4 members (excludes halogenated alkanes) is 8. The van der Waals surface area contributed by atoms with Gasteiger partial charge in [-0.25, -0.2) is 4.18 Å². The minimum Gasteiger partial charge on any atom is -0.457 e. The summed E-state index contributed by atoms with van der Waals surface area (Å²) in [5.74, 6) is -0.444. The maximum absolute atomic E-state index is 12.9. The van der Waals surface area contributed by atoms with Gasteiger partial charge in [-0.3, -0.25) is 9.35 Å². The van der Waals surface area contributed by atoms with E-state index in [0.29, 0.717) is 13.0 Å². The van der Waals surface area contributed by atoms with Gasteiger partial charge in [0.1, 0.15) is 30.5 Å². The number of esters is 1.